The molecule has 2 aromatic rings. The van der Waals surface area contributed by atoms with Gasteiger partial charge in [0.1, 0.15) is 11.5 Å². The smallest absolute Gasteiger partial charge is 0.124 e. The van der Waals surface area contributed by atoms with Gasteiger partial charge >= 0.3 is 0 Å². The highest BCUT2D eigenvalue weighted by Gasteiger charge is 2.05. The first-order valence-electron chi connectivity index (χ1n) is 6.52. The van der Waals surface area contributed by atoms with Crippen molar-refractivity contribution in [2.75, 3.05) is 7.11 Å². The Hall–Kier alpha value is -1.96. The van der Waals surface area contributed by atoms with Crippen LogP contribution in [0.1, 0.15) is 22.3 Å². The number of aryl methyl sites for hydroxylation is 4. The lowest BCUT2D eigenvalue weighted by Crippen LogP contribution is -1.96. The topological polar surface area (TPSA) is 29.5 Å². The minimum absolute atomic E-state index is 0.333. The van der Waals surface area contributed by atoms with Crippen molar-refractivity contribution in [2.45, 2.75) is 26.7 Å². The van der Waals surface area contributed by atoms with Crippen molar-refractivity contribution >= 4 is 0 Å². The normalized spacial score (nSPS) is 10.5. The SMILES string of the molecule is COc1c(C)cc(CCc2cccc(O)c2)cc1C. The Kier molecular flexibility index (Phi) is 4.10. The number of hydrogen-bond acceptors (Lipinski definition) is 2. The maximum Gasteiger partial charge on any atom is 0.124 e. The highest BCUT2D eigenvalue weighted by molar-refractivity contribution is 5.43. The fourth-order valence-electron chi connectivity index (χ4n) is 2.51. The number of methoxy groups -OCH3 is 1. The molecule has 100 valence electrons. The van der Waals surface area contributed by atoms with Gasteiger partial charge in [-0.05, 0) is 61.1 Å². The van der Waals surface area contributed by atoms with Gasteiger partial charge in [-0.3, -0.25) is 0 Å². The van der Waals surface area contributed by atoms with Crippen molar-refractivity contribution in [3.63, 3.8) is 0 Å². The molecule has 0 aliphatic carbocycles. The number of phenols is 1. The molecular formula is C17H20O2. The van der Waals surface area contributed by atoms with E-state index in [4.69, 9.17) is 4.74 Å². The van der Waals surface area contributed by atoms with E-state index in [0.717, 1.165) is 24.2 Å². The second-order valence-corrected chi connectivity index (χ2v) is 4.93. The van der Waals surface area contributed by atoms with Crippen molar-refractivity contribution in [3.8, 4) is 11.5 Å². The van der Waals surface area contributed by atoms with Gasteiger partial charge in [-0.1, -0.05) is 24.3 Å². The highest BCUT2D eigenvalue weighted by Crippen LogP contribution is 2.25. The third-order valence-electron chi connectivity index (χ3n) is 3.34. The summed E-state index contributed by atoms with van der Waals surface area (Å²) in [4.78, 5) is 0. The van der Waals surface area contributed by atoms with Crippen LogP contribution in [0.5, 0.6) is 11.5 Å². The number of benzene rings is 2. The monoisotopic (exact) mass is 256 g/mol. The van der Waals surface area contributed by atoms with E-state index < -0.39 is 0 Å². The number of aromatic hydroxyl groups is 1. The summed E-state index contributed by atoms with van der Waals surface area (Å²) in [5.74, 6) is 1.31. The third kappa shape index (κ3) is 3.28. The Morgan fingerprint density at radius 1 is 0.947 bits per heavy atom. The van der Waals surface area contributed by atoms with E-state index in [-0.39, 0.29) is 0 Å². The predicted molar refractivity (Wildman–Crippen MR) is 78.0 cm³/mol. The molecule has 1 N–H and O–H groups in total. The second kappa shape index (κ2) is 5.79. The molecule has 19 heavy (non-hydrogen) atoms. The molecule has 0 spiro atoms. The van der Waals surface area contributed by atoms with Crippen LogP contribution in [0.25, 0.3) is 0 Å². The summed E-state index contributed by atoms with van der Waals surface area (Å²) in [6.45, 7) is 4.15. The maximum absolute atomic E-state index is 9.45. The first-order chi connectivity index (χ1) is 9.10. The molecule has 0 atom stereocenters. The largest absolute Gasteiger partial charge is 0.508 e. The maximum atomic E-state index is 9.45. The molecule has 0 fully saturated rings. The Morgan fingerprint density at radius 2 is 1.58 bits per heavy atom. The third-order valence-corrected chi connectivity index (χ3v) is 3.34. The zero-order chi connectivity index (χ0) is 13.8. The summed E-state index contributed by atoms with van der Waals surface area (Å²) >= 11 is 0. The average molecular weight is 256 g/mol. The molecule has 0 saturated carbocycles. The molecular weight excluding hydrogens is 236 g/mol. The first kappa shape index (κ1) is 13.5. The molecule has 2 aromatic carbocycles. The summed E-state index contributed by atoms with van der Waals surface area (Å²) in [6.07, 6.45) is 1.90. The number of phenolic OH excluding ortho intramolecular Hbond substituents is 1. The van der Waals surface area contributed by atoms with Crippen molar-refractivity contribution in [2.24, 2.45) is 0 Å². The van der Waals surface area contributed by atoms with Crippen LogP contribution in [0.15, 0.2) is 36.4 Å². The zero-order valence-corrected chi connectivity index (χ0v) is 11.7. The summed E-state index contributed by atoms with van der Waals surface area (Å²) < 4.78 is 5.38. The highest BCUT2D eigenvalue weighted by atomic mass is 16.5. The van der Waals surface area contributed by atoms with E-state index in [9.17, 15) is 5.11 Å². The molecule has 0 unspecified atom stereocenters. The Morgan fingerprint density at radius 3 is 2.16 bits per heavy atom. The lowest BCUT2D eigenvalue weighted by atomic mass is 10.00. The van der Waals surface area contributed by atoms with Crippen LogP contribution in [0.2, 0.25) is 0 Å². The van der Waals surface area contributed by atoms with Crippen molar-refractivity contribution in [1.82, 2.24) is 0 Å². The predicted octanol–water partition coefficient (Wildman–Crippen LogP) is 3.80. The second-order valence-electron chi connectivity index (χ2n) is 4.93. The molecule has 2 heteroatoms. The van der Waals surface area contributed by atoms with Crippen molar-refractivity contribution < 1.29 is 9.84 Å². The molecule has 0 saturated heterocycles. The van der Waals surface area contributed by atoms with E-state index in [0.29, 0.717) is 5.75 Å². The van der Waals surface area contributed by atoms with E-state index >= 15 is 0 Å². The van der Waals surface area contributed by atoms with Gasteiger partial charge in [-0.2, -0.15) is 0 Å². The number of rotatable bonds is 4. The van der Waals surface area contributed by atoms with Crippen molar-refractivity contribution in [3.05, 3.63) is 58.7 Å². The van der Waals surface area contributed by atoms with E-state index in [1.165, 1.54) is 16.7 Å². The van der Waals surface area contributed by atoms with Crippen LogP contribution < -0.4 is 4.74 Å². The Balaban J connectivity index is 2.12. The average Bonchev–Trinajstić information content (AvgIpc) is 2.36. The van der Waals surface area contributed by atoms with Gasteiger partial charge in [-0.15, -0.1) is 0 Å². The number of hydrogen-bond donors (Lipinski definition) is 1. The standard InChI is InChI=1S/C17H20O2/c1-12-9-15(10-13(2)17(12)19-3)8-7-14-5-4-6-16(18)11-14/h4-6,9-11,18H,7-8H2,1-3H3. The molecule has 0 heterocycles. The van der Waals surface area contributed by atoms with Crippen LogP contribution in [-0.2, 0) is 12.8 Å². The van der Waals surface area contributed by atoms with Crippen LogP contribution >= 0.6 is 0 Å². The van der Waals surface area contributed by atoms with Gasteiger partial charge in [0.25, 0.3) is 0 Å². The molecule has 0 amide bonds. The van der Waals surface area contributed by atoms with Crippen LogP contribution in [0.3, 0.4) is 0 Å². The van der Waals surface area contributed by atoms with Gasteiger partial charge in [-0.25, -0.2) is 0 Å². The summed E-state index contributed by atoms with van der Waals surface area (Å²) in [6, 6.07) is 11.8. The Bertz CT molecular complexity index is 550. The molecule has 2 nitrogen and oxygen atoms in total. The van der Waals surface area contributed by atoms with Crippen LogP contribution in [0.4, 0.5) is 0 Å². The van der Waals surface area contributed by atoms with Crippen LogP contribution in [0, 0.1) is 13.8 Å². The quantitative estimate of drug-likeness (QED) is 0.901. The summed E-state index contributed by atoms with van der Waals surface area (Å²) in [7, 11) is 1.71. The summed E-state index contributed by atoms with van der Waals surface area (Å²) in [5.41, 5.74) is 4.81. The van der Waals surface area contributed by atoms with Crippen LogP contribution in [-0.4, -0.2) is 12.2 Å². The lowest BCUT2D eigenvalue weighted by Gasteiger charge is -2.11. The molecule has 0 bridgehead atoms. The van der Waals surface area contributed by atoms with Crippen molar-refractivity contribution in [1.29, 1.82) is 0 Å². The van der Waals surface area contributed by atoms with Gasteiger partial charge in [0.05, 0.1) is 7.11 Å². The van der Waals surface area contributed by atoms with E-state index in [1.807, 2.05) is 18.2 Å². The van der Waals surface area contributed by atoms with Gasteiger partial charge in [0.2, 0.25) is 0 Å². The fourth-order valence-corrected chi connectivity index (χ4v) is 2.51. The van der Waals surface area contributed by atoms with E-state index in [2.05, 4.69) is 26.0 Å². The summed E-state index contributed by atoms with van der Waals surface area (Å²) in [5, 5.41) is 9.45. The minimum atomic E-state index is 0.333. The lowest BCUT2D eigenvalue weighted by molar-refractivity contribution is 0.408. The molecule has 0 aliphatic rings. The van der Waals surface area contributed by atoms with E-state index in [1.54, 1.807) is 13.2 Å². The minimum Gasteiger partial charge on any atom is -0.508 e. The van der Waals surface area contributed by atoms with Gasteiger partial charge in [0.15, 0.2) is 0 Å². The molecule has 0 radical (unpaired) electrons. The Labute approximate surface area is 114 Å². The first-order valence-corrected chi connectivity index (χ1v) is 6.52. The molecule has 0 aromatic heterocycles. The van der Waals surface area contributed by atoms with Gasteiger partial charge < -0.3 is 9.84 Å². The number of ether oxygens (including phenoxy) is 1. The molecule has 0 aliphatic heterocycles. The molecule has 2 rings (SSSR count). The fraction of sp³-hybridized carbons (Fsp3) is 0.294. The van der Waals surface area contributed by atoms with Gasteiger partial charge in [0, 0.05) is 0 Å². The zero-order valence-electron chi connectivity index (χ0n) is 11.7.